The molecule has 90 valence electrons. The molecule has 0 fully saturated rings. The third kappa shape index (κ3) is 7.33. The van der Waals surface area contributed by atoms with Gasteiger partial charge >= 0.3 is 5.97 Å². The maximum atomic E-state index is 11.3. The highest BCUT2D eigenvalue weighted by molar-refractivity contribution is 5.71. The molecule has 0 aromatic heterocycles. The molecule has 0 spiro atoms. The highest BCUT2D eigenvalue weighted by atomic mass is 16.5. The second kappa shape index (κ2) is 7.65. The fraction of sp³-hybridized carbons (Fsp3) is 0.909. The number of aliphatic hydroxyl groups excluding tert-OH is 1. The summed E-state index contributed by atoms with van der Waals surface area (Å²) in [7, 11) is 0. The molecule has 0 radical (unpaired) electrons. The highest BCUT2D eigenvalue weighted by Gasteiger charge is 2.14. The first-order chi connectivity index (χ1) is 6.97. The molecule has 1 N–H and O–H groups in total. The van der Waals surface area contributed by atoms with Gasteiger partial charge in [-0.1, -0.05) is 0 Å². The van der Waals surface area contributed by atoms with E-state index in [0.29, 0.717) is 26.1 Å². The Bertz CT molecular complexity index is 181. The number of rotatable bonds is 7. The van der Waals surface area contributed by atoms with Crippen molar-refractivity contribution in [2.75, 3.05) is 19.7 Å². The van der Waals surface area contributed by atoms with Crippen molar-refractivity contribution in [2.45, 2.75) is 46.3 Å². The Morgan fingerprint density at radius 2 is 2.00 bits per heavy atom. The number of carbonyl (C=O) groups is 1. The smallest absolute Gasteiger partial charge is 0.320 e. The van der Waals surface area contributed by atoms with Crippen molar-refractivity contribution in [1.82, 2.24) is 4.90 Å². The van der Waals surface area contributed by atoms with Gasteiger partial charge in [-0.25, -0.2) is 0 Å². The van der Waals surface area contributed by atoms with Crippen LogP contribution in [0, 0.1) is 0 Å². The van der Waals surface area contributed by atoms with Gasteiger partial charge in [-0.2, -0.15) is 0 Å². The maximum absolute atomic E-state index is 11.3. The van der Waals surface area contributed by atoms with E-state index in [4.69, 9.17) is 4.74 Å². The molecule has 15 heavy (non-hydrogen) atoms. The molecular formula is C11H23NO3. The zero-order valence-corrected chi connectivity index (χ0v) is 10.2. The Labute approximate surface area is 92.2 Å². The van der Waals surface area contributed by atoms with Crippen LogP contribution in [-0.2, 0) is 9.53 Å². The fourth-order valence-corrected chi connectivity index (χ4v) is 1.24. The van der Waals surface area contributed by atoms with Crippen molar-refractivity contribution >= 4 is 5.97 Å². The van der Waals surface area contributed by atoms with E-state index in [1.807, 2.05) is 18.7 Å². The number of esters is 1. The van der Waals surface area contributed by atoms with Gasteiger partial charge < -0.3 is 9.84 Å². The monoisotopic (exact) mass is 217 g/mol. The summed E-state index contributed by atoms with van der Waals surface area (Å²) in [6.07, 6.45) is 0.353. The van der Waals surface area contributed by atoms with E-state index in [-0.39, 0.29) is 18.1 Å². The average molecular weight is 217 g/mol. The van der Waals surface area contributed by atoms with Gasteiger partial charge in [0, 0.05) is 12.6 Å². The van der Waals surface area contributed by atoms with Crippen molar-refractivity contribution in [2.24, 2.45) is 0 Å². The minimum absolute atomic E-state index is 0.197. The lowest BCUT2D eigenvalue weighted by Crippen LogP contribution is -2.38. The average Bonchev–Trinajstić information content (AvgIpc) is 2.11. The zero-order chi connectivity index (χ0) is 11.8. The number of aliphatic hydroxyl groups is 1. The first kappa shape index (κ1) is 14.4. The van der Waals surface area contributed by atoms with Crippen molar-refractivity contribution in [1.29, 1.82) is 0 Å². The molecule has 1 unspecified atom stereocenters. The molecule has 0 saturated carbocycles. The number of nitrogens with zero attached hydrogens (tertiary/aromatic N) is 1. The van der Waals surface area contributed by atoms with Crippen molar-refractivity contribution in [3.63, 3.8) is 0 Å². The minimum Gasteiger partial charge on any atom is -0.465 e. The molecule has 0 rings (SSSR count). The maximum Gasteiger partial charge on any atom is 0.320 e. The molecule has 0 aliphatic carbocycles. The van der Waals surface area contributed by atoms with E-state index in [1.54, 1.807) is 13.8 Å². The van der Waals surface area contributed by atoms with Gasteiger partial charge in [0.15, 0.2) is 0 Å². The largest absolute Gasteiger partial charge is 0.465 e. The van der Waals surface area contributed by atoms with Crippen LogP contribution < -0.4 is 0 Å². The SMILES string of the molecule is CCOC(=O)CN(CCC(C)O)C(C)C. The van der Waals surface area contributed by atoms with Crippen LogP contribution in [0.2, 0.25) is 0 Å². The van der Waals surface area contributed by atoms with E-state index < -0.39 is 0 Å². The Morgan fingerprint density at radius 3 is 2.40 bits per heavy atom. The van der Waals surface area contributed by atoms with Gasteiger partial charge in [-0.05, 0) is 34.1 Å². The van der Waals surface area contributed by atoms with Gasteiger partial charge in [0.2, 0.25) is 0 Å². The van der Waals surface area contributed by atoms with Crippen LogP contribution in [0.1, 0.15) is 34.1 Å². The van der Waals surface area contributed by atoms with Gasteiger partial charge in [0.05, 0.1) is 19.3 Å². The van der Waals surface area contributed by atoms with Crippen molar-refractivity contribution in [3.05, 3.63) is 0 Å². The molecule has 0 aliphatic heterocycles. The third-order valence-corrected chi connectivity index (χ3v) is 2.20. The van der Waals surface area contributed by atoms with Gasteiger partial charge in [-0.15, -0.1) is 0 Å². The van der Waals surface area contributed by atoms with Crippen LogP contribution in [0.3, 0.4) is 0 Å². The van der Waals surface area contributed by atoms with Crippen LogP contribution in [0.15, 0.2) is 0 Å². The summed E-state index contributed by atoms with van der Waals surface area (Å²) in [5.41, 5.74) is 0. The molecule has 0 amide bonds. The summed E-state index contributed by atoms with van der Waals surface area (Å²) >= 11 is 0. The van der Waals surface area contributed by atoms with Crippen LogP contribution in [-0.4, -0.2) is 47.8 Å². The lowest BCUT2D eigenvalue weighted by Gasteiger charge is -2.25. The van der Waals surface area contributed by atoms with Crippen molar-refractivity contribution in [3.8, 4) is 0 Å². The van der Waals surface area contributed by atoms with Gasteiger partial charge in [-0.3, -0.25) is 9.69 Å². The van der Waals surface area contributed by atoms with Crippen LogP contribution >= 0.6 is 0 Å². The molecule has 0 aromatic rings. The number of hydrogen-bond donors (Lipinski definition) is 1. The topological polar surface area (TPSA) is 49.8 Å². The minimum atomic E-state index is -0.326. The Morgan fingerprint density at radius 1 is 1.40 bits per heavy atom. The quantitative estimate of drug-likeness (QED) is 0.647. The number of hydrogen-bond acceptors (Lipinski definition) is 4. The normalized spacial score (nSPS) is 13.3. The van der Waals surface area contributed by atoms with E-state index >= 15 is 0 Å². The Balaban J connectivity index is 3.98. The van der Waals surface area contributed by atoms with Crippen LogP contribution in [0.25, 0.3) is 0 Å². The molecule has 0 aliphatic rings. The molecule has 0 saturated heterocycles. The second-order valence-electron chi connectivity index (χ2n) is 4.01. The molecule has 4 heteroatoms. The van der Waals surface area contributed by atoms with Gasteiger partial charge in [0.25, 0.3) is 0 Å². The van der Waals surface area contributed by atoms with Crippen LogP contribution in [0.5, 0.6) is 0 Å². The molecule has 4 nitrogen and oxygen atoms in total. The summed E-state index contributed by atoms with van der Waals surface area (Å²) in [6.45, 7) is 9.05. The lowest BCUT2D eigenvalue weighted by molar-refractivity contribution is -0.145. The summed E-state index contributed by atoms with van der Waals surface area (Å²) in [5, 5.41) is 9.18. The lowest BCUT2D eigenvalue weighted by atomic mass is 10.2. The Kier molecular flexibility index (Phi) is 7.34. The summed E-state index contributed by atoms with van der Waals surface area (Å²) in [4.78, 5) is 13.3. The molecule has 1 atom stereocenters. The predicted octanol–water partition coefficient (Wildman–Crippen LogP) is 1.03. The highest BCUT2D eigenvalue weighted by Crippen LogP contribution is 2.02. The van der Waals surface area contributed by atoms with E-state index in [1.165, 1.54) is 0 Å². The second-order valence-corrected chi connectivity index (χ2v) is 4.01. The first-order valence-electron chi connectivity index (χ1n) is 5.55. The summed E-state index contributed by atoms with van der Waals surface area (Å²) in [6, 6.07) is 0.285. The molecular weight excluding hydrogens is 194 g/mol. The number of carbonyl (C=O) groups excluding carboxylic acids is 1. The van der Waals surface area contributed by atoms with E-state index in [0.717, 1.165) is 0 Å². The van der Waals surface area contributed by atoms with E-state index in [9.17, 15) is 9.90 Å². The zero-order valence-electron chi connectivity index (χ0n) is 10.2. The molecule has 0 heterocycles. The first-order valence-corrected chi connectivity index (χ1v) is 5.55. The summed E-state index contributed by atoms with van der Waals surface area (Å²) in [5.74, 6) is -0.197. The van der Waals surface area contributed by atoms with Gasteiger partial charge in [0.1, 0.15) is 0 Å². The molecule has 0 bridgehead atoms. The molecule has 0 aromatic carbocycles. The predicted molar refractivity (Wildman–Crippen MR) is 59.6 cm³/mol. The number of ether oxygens (including phenoxy) is 1. The fourth-order valence-electron chi connectivity index (χ4n) is 1.24. The van der Waals surface area contributed by atoms with Crippen molar-refractivity contribution < 1.29 is 14.6 Å². The third-order valence-electron chi connectivity index (χ3n) is 2.20. The Hall–Kier alpha value is -0.610. The standard InChI is InChI=1S/C11H23NO3/c1-5-15-11(14)8-12(9(2)3)7-6-10(4)13/h9-10,13H,5-8H2,1-4H3. The van der Waals surface area contributed by atoms with E-state index in [2.05, 4.69) is 0 Å². The summed E-state index contributed by atoms with van der Waals surface area (Å²) < 4.78 is 4.89. The van der Waals surface area contributed by atoms with Crippen LogP contribution in [0.4, 0.5) is 0 Å².